The molecule has 0 bridgehead atoms. The van der Waals surface area contributed by atoms with Gasteiger partial charge in [-0.15, -0.1) is 0 Å². The number of hydrogen-bond acceptors (Lipinski definition) is 5. The van der Waals surface area contributed by atoms with Crippen LogP contribution in [0.25, 0.3) is 0 Å². The molecule has 1 atom stereocenters. The minimum Gasteiger partial charge on any atom is -0.390 e. The third kappa shape index (κ3) is 3.56. The molecule has 1 aliphatic heterocycles. The lowest BCUT2D eigenvalue weighted by Gasteiger charge is -2.22. The highest BCUT2D eigenvalue weighted by atomic mass is 32.2. The van der Waals surface area contributed by atoms with Gasteiger partial charge < -0.3 is 10.1 Å². The van der Waals surface area contributed by atoms with Gasteiger partial charge in [0.2, 0.25) is 10.0 Å². The molecule has 108 valence electrons. The zero-order valence-corrected chi connectivity index (χ0v) is 11.8. The average Bonchev–Trinajstić information content (AvgIpc) is 2.76. The Morgan fingerprint density at radius 2 is 2.21 bits per heavy atom. The Labute approximate surface area is 112 Å². The molecule has 2 heterocycles. The fourth-order valence-electron chi connectivity index (χ4n) is 2.07. The van der Waals surface area contributed by atoms with Gasteiger partial charge in [-0.05, 0) is 18.9 Å². The van der Waals surface area contributed by atoms with Crippen LogP contribution in [0.15, 0.2) is 17.2 Å². The number of hydrogen-bond donors (Lipinski definition) is 3. The van der Waals surface area contributed by atoms with E-state index in [2.05, 4.69) is 9.71 Å². The number of aliphatic hydroxyl groups excluding tert-OH is 1. The molecule has 0 amide bonds. The SMILES string of the molecule is O=S1(=O)CCCC(NS(=O)(=O)c2c[nH]c(CO)c2)C1. The van der Waals surface area contributed by atoms with Gasteiger partial charge in [0, 0.05) is 17.9 Å². The molecule has 0 spiro atoms. The summed E-state index contributed by atoms with van der Waals surface area (Å²) in [6, 6.07) is 0.732. The van der Waals surface area contributed by atoms with Crippen LogP contribution in [0.5, 0.6) is 0 Å². The molecule has 0 saturated carbocycles. The lowest BCUT2D eigenvalue weighted by molar-refractivity contribution is 0.277. The molecule has 0 aliphatic carbocycles. The van der Waals surface area contributed by atoms with E-state index in [0.29, 0.717) is 18.5 Å². The molecule has 1 fully saturated rings. The van der Waals surface area contributed by atoms with Crippen LogP contribution >= 0.6 is 0 Å². The zero-order valence-electron chi connectivity index (χ0n) is 10.2. The van der Waals surface area contributed by atoms with Crippen molar-refractivity contribution in [2.24, 2.45) is 0 Å². The minimum absolute atomic E-state index is 0.000443. The standard InChI is InChI=1S/C10H16N2O5S2/c13-6-9-4-10(5-11-9)19(16,17)12-8-2-1-3-18(14,15)7-8/h4-5,8,11-13H,1-3,6-7H2. The molecule has 1 unspecified atom stereocenters. The van der Waals surface area contributed by atoms with Crippen molar-refractivity contribution in [3.8, 4) is 0 Å². The first-order valence-electron chi connectivity index (χ1n) is 5.83. The molecule has 0 aromatic carbocycles. The highest BCUT2D eigenvalue weighted by Crippen LogP contribution is 2.16. The number of rotatable bonds is 4. The number of nitrogens with one attached hydrogen (secondary N) is 2. The first-order valence-corrected chi connectivity index (χ1v) is 9.14. The van der Waals surface area contributed by atoms with Gasteiger partial charge >= 0.3 is 0 Å². The average molecular weight is 308 g/mol. The predicted octanol–water partition coefficient (Wildman–Crippen LogP) is -0.637. The third-order valence-electron chi connectivity index (χ3n) is 2.98. The van der Waals surface area contributed by atoms with Crippen molar-refractivity contribution in [2.45, 2.75) is 30.4 Å². The van der Waals surface area contributed by atoms with Crippen molar-refractivity contribution < 1.29 is 21.9 Å². The molecular formula is C10H16N2O5S2. The number of sulfonamides is 1. The topological polar surface area (TPSA) is 116 Å². The second-order valence-corrected chi connectivity index (χ2v) is 8.54. The number of aliphatic hydroxyl groups is 1. The van der Waals surface area contributed by atoms with Crippen LogP contribution in [0.3, 0.4) is 0 Å². The summed E-state index contributed by atoms with van der Waals surface area (Å²) in [5, 5.41) is 8.88. The predicted molar refractivity (Wildman–Crippen MR) is 68.7 cm³/mol. The largest absolute Gasteiger partial charge is 0.390 e. The fraction of sp³-hybridized carbons (Fsp3) is 0.600. The summed E-state index contributed by atoms with van der Waals surface area (Å²) in [5.74, 6) is -0.0481. The van der Waals surface area contributed by atoms with Crippen molar-refractivity contribution in [3.63, 3.8) is 0 Å². The number of aromatic amines is 1. The summed E-state index contributed by atoms with van der Waals surface area (Å²) in [4.78, 5) is 2.63. The van der Waals surface area contributed by atoms with Gasteiger partial charge in [0.25, 0.3) is 0 Å². The van der Waals surface area contributed by atoms with E-state index in [0.717, 1.165) is 0 Å². The van der Waals surface area contributed by atoms with Crippen molar-refractivity contribution >= 4 is 19.9 Å². The monoisotopic (exact) mass is 308 g/mol. The summed E-state index contributed by atoms with van der Waals surface area (Å²) in [5.41, 5.74) is 0.386. The summed E-state index contributed by atoms with van der Waals surface area (Å²) >= 11 is 0. The molecule has 9 heteroatoms. The molecule has 2 rings (SSSR count). The Kier molecular flexibility index (Phi) is 4.00. The third-order valence-corrected chi connectivity index (χ3v) is 6.30. The van der Waals surface area contributed by atoms with Gasteiger partial charge in [0.15, 0.2) is 9.84 Å². The second-order valence-electron chi connectivity index (χ2n) is 4.59. The van der Waals surface area contributed by atoms with E-state index in [9.17, 15) is 16.8 Å². The maximum absolute atomic E-state index is 12.0. The Bertz CT molecular complexity index is 647. The molecule has 1 saturated heterocycles. The van der Waals surface area contributed by atoms with Crippen LogP contribution in [0.2, 0.25) is 0 Å². The van der Waals surface area contributed by atoms with E-state index in [1.807, 2.05) is 0 Å². The molecule has 3 N–H and O–H groups in total. The molecular weight excluding hydrogens is 292 g/mol. The minimum atomic E-state index is -3.76. The van der Waals surface area contributed by atoms with Crippen LogP contribution in [0, 0.1) is 0 Å². The highest BCUT2D eigenvalue weighted by Gasteiger charge is 2.29. The number of aromatic nitrogens is 1. The smallest absolute Gasteiger partial charge is 0.242 e. The van der Waals surface area contributed by atoms with Gasteiger partial charge in [-0.2, -0.15) is 0 Å². The summed E-state index contributed by atoms with van der Waals surface area (Å²) in [7, 11) is -6.92. The first kappa shape index (κ1) is 14.5. The van der Waals surface area contributed by atoms with Crippen LogP contribution < -0.4 is 4.72 Å². The normalized spacial score (nSPS) is 23.3. The van der Waals surface area contributed by atoms with Crippen LogP contribution in [0.1, 0.15) is 18.5 Å². The summed E-state index contributed by atoms with van der Waals surface area (Å²) in [6.07, 6.45) is 2.24. The fourth-order valence-corrected chi connectivity index (χ4v) is 5.10. The second kappa shape index (κ2) is 5.23. The lowest BCUT2D eigenvalue weighted by Crippen LogP contribution is -2.43. The quantitative estimate of drug-likeness (QED) is 0.684. The number of H-pyrrole nitrogens is 1. The Balaban J connectivity index is 2.13. The maximum atomic E-state index is 12.0. The van der Waals surface area contributed by atoms with E-state index in [4.69, 9.17) is 5.11 Å². The van der Waals surface area contributed by atoms with Crippen molar-refractivity contribution in [3.05, 3.63) is 18.0 Å². The van der Waals surface area contributed by atoms with Crippen molar-refractivity contribution in [1.82, 2.24) is 9.71 Å². The lowest BCUT2D eigenvalue weighted by atomic mass is 10.2. The Morgan fingerprint density at radius 1 is 1.47 bits per heavy atom. The van der Waals surface area contributed by atoms with E-state index >= 15 is 0 Å². The molecule has 1 aromatic heterocycles. The van der Waals surface area contributed by atoms with E-state index in [1.165, 1.54) is 12.3 Å². The number of sulfone groups is 1. The van der Waals surface area contributed by atoms with Crippen LogP contribution in [-0.2, 0) is 26.5 Å². The molecule has 0 radical (unpaired) electrons. The van der Waals surface area contributed by atoms with Gasteiger partial charge in [-0.25, -0.2) is 21.6 Å². The molecule has 1 aromatic rings. The van der Waals surface area contributed by atoms with Crippen LogP contribution in [0.4, 0.5) is 0 Å². The summed E-state index contributed by atoms with van der Waals surface area (Å²) in [6.45, 7) is -0.284. The maximum Gasteiger partial charge on any atom is 0.242 e. The molecule has 1 aliphatic rings. The van der Waals surface area contributed by atoms with Crippen LogP contribution in [-0.4, -0.2) is 44.5 Å². The van der Waals surface area contributed by atoms with Crippen molar-refractivity contribution in [1.29, 1.82) is 0 Å². The molecule has 19 heavy (non-hydrogen) atoms. The van der Waals surface area contributed by atoms with Gasteiger partial charge in [-0.3, -0.25) is 0 Å². The van der Waals surface area contributed by atoms with E-state index in [-0.39, 0.29) is 23.0 Å². The summed E-state index contributed by atoms with van der Waals surface area (Å²) < 4.78 is 49.4. The van der Waals surface area contributed by atoms with Gasteiger partial charge in [0.1, 0.15) is 0 Å². The van der Waals surface area contributed by atoms with Gasteiger partial charge in [-0.1, -0.05) is 0 Å². The van der Waals surface area contributed by atoms with Crippen molar-refractivity contribution in [2.75, 3.05) is 11.5 Å². The van der Waals surface area contributed by atoms with Gasteiger partial charge in [0.05, 0.1) is 23.0 Å². The van der Waals surface area contributed by atoms with E-state index < -0.39 is 25.9 Å². The zero-order chi connectivity index (χ0) is 14.1. The van der Waals surface area contributed by atoms with E-state index in [1.54, 1.807) is 0 Å². The first-order chi connectivity index (χ1) is 8.82. The Morgan fingerprint density at radius 3 is 2.79 bits per heavy atom. The highest BCUT2D eigenvalue weighted by molar-refractivity contribution is 7.91. The Hall–Kier alpha value is -0.900. The molecule has 7 nitrogen and oxygen atoms in total.